The van der Waals surface area contributed by atoms with Crippen LogP contribution in [0, 0.1) is 20.8 Å². The van der Waals surface area contributed by atoms with E-state index in [0.29, 0.717) is 13.0 Å². The Balaban J connectivity index is 1.74. The highest BCUT2D eigenvalue weighted by atomic mass is 32.1. The van der Waals surface area contributed by atoms with Gasteiger partial charge in [-0.3, -0.25) is 4.79 Å². The average molecular weight is 371 g/mol. The maximum atomic E-state index is 12.7. The summed E-state index contributed by atoms with van der Waals surface area (Å²) in [5.74, 6) is 0.126. The molecule has 0 saturated carbocycles. The van der Waals surface area contributed by atoms with E-state index in [9.17, 15) is 4.79 Å². The molecule has 1 amide bonds. The Bertz CT molecular complexity index is 881. The van der Waals surface area contributed by atoms with Gasteiger partial charge in [0.15, 0.2) is 0 Å². The molecule has 2 heterocycles. The highest BCUT2D eigenvalue weighted by molar-refractivity contribution is 7.15. The van der Waals surface area contributed by atoms with Crippen LogP contribution in [0.25, 0.3) is 10.6 Å². The summed E-state index contributed by atoms with van der Waals surface area (Å²) in [6, 6.07) is 10.5. The number of aromatic nitrogens is 1. The van der Waals surface area contributed by atoms with E-state index < -0.39 is 0 Å². The van der Waals surface area contributed by atoms with Crippen molar-refractivity contribution in [2.75, 3.05) is 7.05 Å². The van der Waals surface area contributed by atoms with E-state index in [1.54, 1.807) is 22.7 Å². The molecule has 1 aromatic carbocycles. The lowest BCUT2D eigenvalue weighted by atomic mass is 10.1. The summed E-state index contributed by atoms with van der Waals surface area (Å²) < 4.78 is 0. The second-order valence-electron chi connectivity index (χ2n) is 6.34. The summed E-state index contributed by atoms with van der Waals surface area (Å²) in [7, 11) is 1.88. The zero-order chi connectivity index (χ0) is 18.0. The Morgan fingerprint density at radius 3 is 2.68 bits per heavy atom. The Labute approximate surface area is 157 Å². The van der Waals surface area contributed by atoms with Crippen molar-refractivity contribution in [1.82, 2.24) is 9.88 Å². The van der Waals surface area contributed by atoms with E-state index in [1.165, 1.54) is 16.7 Å². The number of carbonyl (C=O) groups is 1. The predicted molar refractivity (Wildman–Crippen MR) is 106 cm³/mol. The van der Waals surface area contributed by atoms with Crippen LogP contribution in [0.1, 0.15) is 26.6 Å². The number of hydrogen-bond donors (Lipinski definition) is 0. The van der Waals surface area contributed by atoms with Gasteiger partial charge in [-0.1, -0.05) is 29.8 Å². The van der Waals surface area contributed by atoms with Gasteiger partial charge in [-0.15, -0.1) is 22.7 Å². The molecule has 0 unspecified atom stereocenters. The number of hydrogen-bond acceptors (Lipinski definition) is 4. The van der Waals surface area contributed by atoms with Gasteiger partial charge in [0.25, 0.3) is 0 Å². The number of amides is 1. The summed E-state index contributed by atoms with van der Waals surface area (Å²) in [4.78, 5) is 21.4. The fourth-order valence-electron chi connectivity index (χ4n) is 2.83. The molecular formula is C20H22N2OS2. The number of thiazole rings is 1. The van der Waals surface area contributed by atoms with Gasteiger partial charge in [0.1, 0.15) is 0 Å². The van der Waals surface area contributed by atoms with E-state index in [2.05, 4.69) is 43.1 Å². The number of carbonyl (C=O) groups excluding carboxylic acids is 1. The monoisotopic (exact) mass is 370 g/mol. The van der Waals surface area contributed by atoms with Crippen molar-refractivity contribution in [2.45, 2.75) is 33.7 Å². The zero-order valence-corrected chi connectivity index (χ0v) is 16.6. The van der Waals surface area contributed by atoms with Crippen molar-refractivity contribution in [2.24, 2.45) is 0 Å². The minimum Gasteiger partial charge on any atom is -0.341 e. The fourth-order valence-corrected chi connectivity index (χ4v) is 4.58. The third-order valence-electron chi connectivity index (χ3n) is 4.20. The Kier molecular flexibility index (Phi) is 5.35. The molecule has 3 nitrogen and oxygen atoms in total. The van der Waals surface area contributed by atoms with Crippen molar-refractivity contribution >= 4 is 28.6 Å². The smallest absolute Gasteiger partial charge is 0.227 e. The maximum absolute atomic E-state index is 12.7. The molecule has 0 radical (unpaired) electrons. The van der Waals surface area contributed by atoms with E-state index in [4.69, 9.17) is 0 Å². The Morgan fingerprint density at radius 2 is 2.00 bits per heavy atom. The largest absolute Gasteiger partial charge is 0.341 e. The molecule has 0 aliphatic carbocycles. The number of thiophene rings is 1. The lowest BCUT2D eigenvalue weighted by Gasteiger charge is -2.18. The quantitative estimate of drug-likeness (QED) is 0.633. The highest BCUT2D eigenvalue weighted by Gasteiger charge is 2.18. The molecule has 0 saturated heterocycles. The van der Waals surface area contributed by atoms with Crippen LogP contribution in [0.3, 0.4) is 0 Å². The first kappa shape index (κ1) is 17.8. The second kappa shape index (κ2) is 7.50. The molecule has 5 heteroatoms. The SMILES string of the molecule is Cc1ccc(CN(C)C(=O)Cc2sc(C)nc2-c2cccs2)c(C)c1. The van der Waals surface area contributed by atoms with Crippen molar-refractivity contribution in [3.8, 4) is 10.6 Å². The van der Waals surface area contributed by atoms with E-state index in [1.807, 2.05) is 30.3 Å². The van der Waals surface area contributed by atoms with Gasteiger partial charge in [-0.2, -0.15) is 0 Å². The highest BCUT2D eigenvalue weighted by Crippen LogP contribution is 2.31. The summed E-state index contributed by atoms with van der Waals surface area (Å²) in [5, 5.41) is 3.05. The van der Waals surface area contributed by atoms with Gasteiger partial charge in [-0.25, -0.2) is 4.98 Å². The first-order valence-electron chi connectivity index (χ1n) is 8.24. The number of nitrogens with zero attached hydrogens (tertiary/aromatic N) is 2. The van der Waals surface area contributed by atoms with Gasteiger partial charge in [0.05, 0.1) is 22.0 Å². The molecular weight excluding hydrogens is 348 g/mol. The van der Waals surface area contributed by atoms with Crippen LogP contribution in [0.2, 0.25) is 0 Å². The van der Waals surface area contributed by atoms with Crippen LogP contribution in [0.4, 0.5) is 0 Å². The molecule has 2 aromatic heterocycles. The first-order chi connectivity index (χ1) is 11.9. The number of rotatable bonds is 5. The molecule has 25 heavy (non-hydrogen) atoms. The van der Waals surface area contributed by atoms with Crippen LogP contribution in [0.5, 0.6) is 0 Å². The van der Waals surface area contributed by atoms with E-state index in [-0.39, 0.29) is 5.91 Å². The summed E-state index contributed by atoms with van der Waals surface area (Å²) in [5.41, 5.74) is 4.63. The molecule has 0 N–H and O–H groups in total. The fraction of sp³-hybridized carbons (Fsp3) is 0.300. The van der Waals surface area contributed by atoms with Crippen LogP contribution < -0.4 is 0 Å². The van der Waals surface area contributed by atoms with E-state index >= 15 is 0 Å². The molecule has 3 rings (SSSR count). The van der Waals surface area contributed by atoms with Crippen molar-refractivity contribution in [3.05, 3.63) is 62.3 Å². The molecule has 0 atom stereocenters. The van der Waals surface area contributed by atoms with Gasteiger partial charge < -0.3 is 4.90 Å². The average Bonchev–Trinajstić information content (AvgIpc) is 3.19. The zero-order valence-electron chi connectivity index (χ0n) is 15.0. The minimum absolute atomic E-state index is 0.126. The Morgan fingerprint density at radius 1 is 1.20 bits per heavy atom. The van der Waals surface area contributed by atoms with Gasteiger partial charge in [-0.05, 0) is 43.3 Å². The molecule has 0 fully saturated rings. The van der Waals surface area contributed by atoms with Crippen molar-refractivity contribution in [1.29, 1.82) is 0 Å². The molecule has 0 bridgehead atoms. The third kappa shape index (κ3) is 4.17. The number of likely N-dealkylation sites (N-methyl/N-ethyl adjacent to an activating group) is 1. The lowest BCUT2D eigenvalue weighted by Crippen LogP contribution is -2.28. The van der Waals surface area contributed by atoms with Crippen LogP contribution in [-0.2, 0) is 17.8 Å². The molecule has 0 aliphatic rings. The lowest BCUT2D eigenvalue weighted by molar-refractivity contribution is -0.129. The van der Waals surface area contributed by atoms with Gasteiger partial charge in [0, 0.05) is 18.5 Å². The third-order valence-corrected chi connectivity index (χ3v) is 6.05. The minimum atomic E-state index is 0.126. The number of benzene rings is 1. The van der Waals surface area contributed by atoms with Crippen LogP contribution in [-0.4, -0.2) is 22.8 Å². The van der Waals surface area contributed by atoms with Crippen LogP contribution >= 0.6 is 22.7 Å². The first-order valence-corrected chi connectivity index (χ1v) is 9.94. The maximum Gasteiger partial charge on any atom is 0.227 e. The molecule has 0 spiro atoms. The molecule has 130 valence electrons. The topological polar surface area (TPSA) is 33.2 Å². The molecule has 3 aromatic rings. The summed E-state index contributed by atoms with van der Waals surface area (Å²) >= 11 is 3.28. The van der Waals surface area contributed by atoms with Crippen LogP contribution in [0.15, 0.2) is 35.7 Å². The number of aryl methyl sites for hydroxylation is 3. The predicted octanol–water partition coefficient (Wildman–Crippen LogP) is 5.00. The summed E-state index contributed by atoms with van der Waals surface area (Å²) in [6.07, 6.45) is 0.403. The summed E-state index contributed by atoms with van der Waals surface area (Å²) in [6.45, 7) is 6.82. The van der Waals surface area contributed by atoms with Crippen molar-refractivity contribution in [3.63, 3.8) is 0 Å². The standard InChI is InChI=1S/C20H22N2OS2/c1-13-7-8-16(14(2)10-13)12-22(4)19(23)11-18-20(21-15(3)25-18)17-6-5-9-24-17/h5-10H,11-12H2,1-4H3. The second-order valence-corrected chi connectivity index (χ2v) is 8.57. The van der Waals surface area contributed by atoms with Gasteiger partial charge in [0.2, 0.25) is 5.91 Å². The van der Waals surface area contributed by atoms with E-state index in [0.717, 1.165) is 20.5 Å². The molecule has 0 aliphatic heterocycles. The normalized spacial score (nSPS) is 10.9. The van der Waals surface area contributed by atoms with Crippen molar-refractivity contribution < 1.29 is 4.79 Å². The Hall–Kier alpha value is -1.98. The van der Waals surface area contributed by atoms with Gasteiger partial charge >= 0.3 is 0 Å².